The summed E-state index contributed by atoms with van der Waals surface area (Å²) in [5, 5.41) is 10.8. The monoisotopic (exact) mass is 253 g/mol. The zero-order chi connectivity index (χ0) is 12.4. The van der Waals surface area contributed by atoms with Crippen LogP contribution in [0.15, 0.2) is 0 Å². The van der Waals surface area contributed by atoms with Crippen molar-refractivity contribution < 1.29 is 4.79 Å². The fraction of sp³-hybridized carbons (Fsp3) is 0.583. The van der Waals surface area contributed by atoms with Crippen molar-refractivity contribution in [2.24, 2.45) is 0 Å². The number of Topliss-reactive ketones (excluding diaryl/α,β-unsaturated/α-hetero) is 1. The van der Waals surface area contributed by atoms with Crippen LogP contribution in [0.3, 0.4) is 0 Å². The van der Waals surface area contributed by atoms with Crippen LogP contribution in [0.25, 0.3) is 0 Å². The van der Waals surface area contributed by atoms with Crippen LogP contribution in [0, 0.1) is 0 Å². The lowest BCUT2D eigenvalue weighted by Gasteiger charge is -2.24. The Balaban J connectivity index is 2.46. The molecule has 1 atom stereocenters. The van der Waals surface area contributed by atoms with E-state index in [4.69, 9.17) is 0 Å². The van der Waals surface area contributed by atoms with E-state index in [9.17, 15) is 4.79 Å². The Kier molecular flexibility index (Phi) is 3.81. The van der Waals surface area contributed by atoms with Gasteiger partial charge in [0.25, 0.3) is 0 Å². The molecule has 17 heavy (non-hydrogen) atoms. The van der Waals surface area contributed by atoms with E-state index in [0.29, 0.717) is 6.04 Å². The number of fused-ring (bicyclic) bond motifs is 1. The second kappa shape index (κ2) is 5.16. The number of hydrogen-bond acceptors (Lipinski definition) is 5. The first-order valence-corrected chi connectivity index (χ1v) is 6.73. The van der Waals surface area contributed by atoms with Crippen molar-refractivity contribution in [3.63, 3.8) is 0 Å². The Bertz CT molecular complexity index is 428. The number of carbonyl (C=O) groups excluding carboxylic acids is 1. The van der Waals surface area contributed by atoms with Crippen LogP contribution in [-0.4, -0.2) is 33.0 Å². The summed E-state index contributed by atoms with van der Waals surface area (Å²) >= 11 is 1.70. The van der Waals surface area contributed by atoms with Gasteiger partial charge < -0.3 is 16.0 Å². The molecule has 0 saturated heterocycles. The lowest BCUT2D eigenvalue weighted by atomic mass is 9.97. The molecule has 1 aliphatic heterocycles. The fourth-order valence-corrected chi connectivity index (χ4v) is 3.72. The molecule has 0 radical (unpaired) electrons. The molecule has 0 fully saturated rings. The number of hydrogen-bond donors (Lipinski definition) is 3. The van der Waals surface area contributed by atoms with E-state index in [1.165, 1.54) is 10.4 Å². The number of ketones is 1. The van der Waals surface area contributed by atoms with Crippen LogP contribution >= 0.6 is 11.3 Å². The summed E-state index contributed by atoms with van der Waals surface area (Å²) < 4.78 is 0. The summed E-state index contributed by atoms with van der Waals surface area (Å²) in [5.74, 6) is 0.164. The summed E-state index contributed by atoms with van der Waals surface area (Å²) in [6, 6.07) is 0.328. The maximum Gasteiger partial charge on any atom is 0.163 e. The van der Waals surface area contributed by atoms with Gasteiger partial charge in [-0.25, -0.2) is 0 Å². The van der Waals surface area contributed by atoms with E-state index < -0.39 is 0 Å². The van der Waals surface area contributed by atoms with Gasteiger partial charge in [-0.15, -0.1) is 11.3 Å². The summed E-state index contributed by atoms with van der Waals surface area (Å²) in [7, 11) is 3.83. The largest absolute Gasteiger partial charge is 0.379 e. The molecular formula is C12H19N3OS. The van der Waals surface area contributed by atoms with E-state index in [1.807, 2.05) is 14.1 Å². The Labute approximate surface area is 106 Å². The zero-order valence-corrected chi connectivity index (χ0v) is 11.3. The molecule has 1 aliphatic rings. The minimum atomic E-state index is 0.164. The lowest BCUT2D eigenvalue weighted by Crippen LogP contribution is -2.35. The minimum absolute atomic E-state index is 0.164. The third-order valence-electron chi connectivity index (χ3n) is 3.11. The molecule has 1 aromatic rings. The van der Waals surface area contributed by atoms with Crippen LogP contribution in [0.1, 0.15) is 33.8 Å². The van der Waals surface area contributed by atoms with E-state index >= 15 is 0 Å². The average Bonchev–Trinajstić information content (AvgIpc) is 2.69. The Morgan fingerprint density at radius 3 is 2.88 bits per heavy atom. The summed E-state index contributed by atoms with van der Waals surface area (Å²) in [5.41, 5.74) is 2.14. The first-order valence-electron chi connectivity index (χ1n) is 5.91. The predicted molar refractivity (Wildman–Crippen MR) is 72.2 cm³/mol. The molecule has 0 amide bonds. The SMILES string of the molecule is CNCC1NCCc2c1sc(NC)c2C(C)=O. The number of likely N-dealkylation sites (N-methyl/N-ethyl adjacent to an activating group) is 1. The number of rotatable bonds is 4. The molecule has 2 heterocycles. The molecule has 0 bridgehead atoms. The quantitative estimate of drug-likeness (QED) is 0.710. The predicted octanol–water partition coefficient (Wildman–Crippen LogP) is 1.40. The van der Waals surface area contributed by atoms with Gasteiger partial charge in [-0.1, -0.05) is 0 Å². The van der Waals surface area contributed by atoms with Crippen LogP contribution in [-0.2, 0) is 6.42 Å². The average molecular weight is 253 g/mol. The van der Waals surface area contributed by atoms with Gasteiger partial charge in [0.1, 0.15) is 0 Å². The highest BCUT2D eigenvalue weighted by Gasteiger charge is 2.27. The van der Waals surface area contributed by atoms with Crippen LogP contribution < -0.4 is 16.0 Å². The third-order valence-corrected chi connectivity index (χ3v) is 4.47. The van der Waals surface area contributed by atoms with Gasteiger partial charge in [0.05, 0.1) is 16.6 Å². The summed E-state index contributed by atoms with van der Waals surface area (Å²) in [6.45, 7) is 3.49. The highest BCUT2D eigenvalue weighted by molar-refractivity contribution is 7.16. The molecule has 1 aromatic heterocycles. The molecule has 0 saturated carbocycles. The second-order valence-corrected chi connectivity index (χ2v) is 5.32. The van der Waals surface area contributed by atoms with Gasteiger partial charge in [-0.2, -0.15) is 0 Å². The van der Waals surface area contributed by atoms with Crippen LogP contribution in [0.2, 0.25) is 0 Å². The van der Waals surface area contributed by atoms with Crippen LogP contribution in [0.4, 0.5) is 5.00 Å². The Morgan fingerprint density at radius 1 is 1.53 bits per heavy atom. The normalized spacial score (nSPS) is 18.9. The number of anilines is 1. The highest BCUT2D eigenvalue weighted by Crippen LogP contribution is 2.39. The topological polar surface area (TPSA) is 53.2 Å². The first-order chi connectivity index (χ1) is 8.19. The molecule has 2 rings (SSSR count). The van der Waals surface area contributed by atoms with E-state index in [0.717, 1.165) is 30.1 Å². The third kappa shape index (κ3) is 2.22. The first kappa shape index (κ1) is 12.5. The van der Waals surface area contributed by atoms with Crippen LogP contribution in [0.5, 0.6) is 0 Å². The lowest BCUT2D eigenvalue weighted by molar-refractivity contribution is 0.101. The van der Waals surface area contributed by atoms with Gasteiger partial charge in [0.2, 0.25) is 0 Å². The van der Waals surface area contributed by atoms with E-state index in [2.05, 4.69) is 16.0 Å². The van der Waals surface area contributed by atoms with Crippen molar-refractivity contribution in [2.45, 2.75) is 19.4 Å². The number of nitrogens with one attached hydrogen (secondary N) is 3. The molecule has 5 heteroatoms. The molecule has 1 unspecified atom stereocenters. The van der Waals surface area contributed by atoms with Crippen molar-refractivity contribution in [3.8, 4) is 0 Å². The molecule has 94 valence electrons. The molecular weight excluding hydrogens is 234 g/mol. The Hall–Kier alpha value is -0.910. The molecule has 4 nitrogen and oxygen atoms in total. The van der Waals surface area contributed by atoms with Gasteiger partial charge in [-0.05, 0) is 32.5 Å². The second-order valence-electron chi connectivity index (χ2n) is 4.27. The maximum atomic E-state index is 11.8. The standard InChI is InChI=1S/C12H19N3OS/c1-7(16)10-8-4-5-15-9(6-13-2)11(8)17-12(10)14-3/h9,13-15H,4-6H2,1-3H3. The number of carbonyl (C=O) groups is 1. The molecule has 3 N–H and O–H groups in total. The minimum Gasteiger partial charge on any atom is -0.379 e. The summed E-state index contributed by atoms with van der Waals surface area (Å²) in [6.07, 6.45) is 0.947. The van der Waals surface area contributed by atoms with Crippen molar-refractivity contribution in [1.82, 2.24) is 10.6 Å². The van der Waals surface area contributed by atoms with E-state index in [1.54, 1.807) is 18.3 Å². The maximum absolute atomic E-state index is 11.8. The fourth-order valence-electron chi connectivity index (χ4n) is 2.39. The van der Waals surface area contributed by atoms with Crippen molar-refractivity contribution in [1.29, 1.82) is 0 Å². The van der Waals surface area contributed by atoms with E-state index in [-0.39, 0.29) is 5.78 Å². The van der Waals surface area contributed by atoms with Crippen molar-refractivity contribution in [3.05, 3.63) is 16.0 Å². The molecule has 0 spiro atoms. The highest BCUT2D eigenvalue weighted by atomic mass is 32.1. The molecule has 0 aromatic carbocycles. The molecule has 0 aliphatic carbocycles. The number of thiophene rings is 1. The van der Waals surface area contributed by atoms with Gasteiger partial charge in [0, 0.05) is 18.5 Å². The summed E-state index contributed by atoms with van der Waals surface area (Å²) in [4.78, 5) is 13.1. The van der Waals surface area contributed by atoms with Crippen molar-refractivity contribution in [2.75, 3.05) is 32.5 Å². The smallest absolute Gasteiger partial charge is 0.163 e. The zero-order valence-electron chi connectivity index (χ0n) is 10.5. The Morgan fingerprint density at radius 2 is 2.29 bits per heavy atom. The van der Waals surface area contributed by atoms with Gasteiger partial charge >= 0.3 is 0 Å². The van der Waals surface area contributed by atoms with Crippen molar-refractivity contribution >= 4 is 22.1 Å². The van der Waals surface area contributed by atoms with Gasteiger partial charge in [-0.3, -0.25) is 4.79 Å². The van der Waals surface area contributed by atoms with Gasteiger partial charge in [0.15, 0.2) is 5.78 Å².